The molecule has 1 unspecified atom stereocenters. The molecule has 0 aromatic heterocycles. The van der Waals surface area contributed by atoms with Crippen LogP contribution in [0.2, 0.25) is 10.0 Å². The molecule has 3 rings (SSSR count). The average molecular weight is 360 g/mol. The van der Waals surface area contributed by atoms with Crippen molar-refractivity contribution in [3.63, 3.8) is 0 Å². The van der Waals surface area contributed by atoms with Crippen LogP contribution >= 0.6 is 23.2 Å². The Kier molecular flexibility index (Phi) is 4.79. The van der Waals surface area contributed by atoms with Crippen molar-refractivity contribution in [3.05, 3.63) is 75.3 Å². The zero-order valence-electron chi connectivity index (χ0n) is 14.6. The van der Waals surface area contributed by atoms with Gasteiger partial charge in [0.2, 0.25) is 0 Å². The molecule has 0 fully saturated rings. The lowest BCUT2D eigenvalue weighted by Crippen LogP contribution is -2.44. The SMILES string of the molecule is CC1=C(c2ccccc2)CN(C(C)(C)c2ccc(Cl)c(Cl)c2)C1C. The molecule has 1 aliphatic rings. The van der Waals surface area contributed by atoms with Gasteiger partial charge in [-0.05, 0) is 56.5 Å². The smallest absolute Gasteiger partial charge is 0.0595 e. The van der Waals surface area contributed by atoms with Gasteiger partial charge in [0.05, 0.1) is 10.0 Å². The first kappa shape index (κ1) is 17.5. The first-order valence-corrected chi connectivity index (χ1v) is 9.05. The number of hydrogen-bond acceptors (Lipinski definition) is 1. The highest BCUT2D eigenvalue weighted by atomic mass is 35.5. The zero-order chi connectivity index (χ0) is 17.5. The van der Waals surface area contributed by atoms with Gasteiger partial charge in [-0.2, -0.15) is 0 Å². The van der Waals surface area contributed by atoms with Crippen molar-refractivity contribution in [1.29, 1.82) is 0 Å². The van der Waals surface area contributed by atoms with Crippen LogP contribution < -0.4 is 0 Å². The molecule has 0 N–H and O–H groups in total. The molecule has 2 aromatic rings. The lowest BCUT2D eigenvalue weighted by molar-refractivity contribution is 0.120. The van der Waals surface area contributed by atoms with Crippen LogP contribution in [0, 0.1) is 0 Å². The molecule has 24 heavy (non-hydrogen) atoms. The Labute approximate surface area is 154 Å². The van der Waals surface area contributed by atoms with Crippen molar-refractivity contribution >= 4 is 28.8 Å². The van der Waals surface area contributed by atoms with Gasteiger partial charge in [0.25, 0.3) is 0 Å². The number of benzene rings is 2. The minimum Gasteiger partial charge on any atom is -0.283 e. The third-order valence-electron chi connectivity index (χ3n) is 5.36. The van der Waals surface area contributed by atoms with E-state index in [4.69, 9.17) is 23.2 Å². The molecule has 0 amide bonds. The van der Waals surface area contributed by atoms with Crippen molar-refractivity contribution < 1.29 is 0 Å². The molecule has 0 radical (unpaired) electrons. The normalized spacial score (nSPS) is 19.2. The summed E-state index contributed by atoms with van der Waals surface area (Å²) in [6.45, 7) is 9.97. The van der Waals surface area contributed by atoms with Crippen molar-refractivity contribution in [2.45, 2.75) is 39.3 Å². The molecule has 1 heterocycles. The molecule has 2 aromatic carbocycles. The van der Waals surface area contributed by atoms with Gasteiger partial charge < -0.3 is 0 Å². The molecule has 1 aliphatic heterocycles. The summed E-state index contributed by atoms with van der Waals surface area (Å²) in [4.78, 5) is 2.53. The Hall–Kier alpha value is -1.28. The van der Waals surface area contributed by atoms with E-state index in [1.807, 2.05) is 12.1 Å². The fraction of sp³-hybridized carbons (Fsp3) is 0.333. The number of halogens is 2. The largest absolute Gasteiger partial charge is 0.283 e. The van der Waals surface area contributed by atoms with Gasteiger partial charge in [0.15, 0.2) is 0 Å². The van der Waals surface area contributed by atoms with E-state index < -0.39 is 0 Å². The Morgan fingerprint density at radius 3 is 2.29 bits per heavy atom. The van der Waals surface area contributed by atoms with Gasteiger partial charge in [-0.15, -0.1) is 0 Å². The van der Waals surface area contributed by atoms with Crippen LogP contribution in [0.25, 0.3) is 5.57 Å². The van der Waals surface area contributed by atoms with Crippen molar-refractivity contribution in [2.75, 3.05) is 6.54 Å². The highest BCUT2D eigenvalue weighted by Crippen LogP contribution is 2.41. The second-order valence-corrected chi connectivity index (χ2v) is 7.83. The molecular formula is C21H23Cl2N. The standard InChI is InChI=1S/C21H23Cl2N/c1-14-15(2)24(13-18(14)16-8-6-5-7-9-16)21(3,4)17-10-11-19(22)20(23)12-17/h5-12,15H,13H2,1-4H3. The molecular weight excluding hydrogens is 337 g/mol. The predicted octanol–water partition coefficient (Wildman–Crippen LogP) is 6.41. The molecule has 126 valence electrons. The van der Waals surface area contributed by atoms with Gasteiger partial charge in [-0.1, -0.05) is 65.2 Å². The van der Waals surface area contributed by atoms with Gasteiger partial charge in [0, 0.05) is 18.1 Å². The predicted molar refractivity (Wildman–Crippen MR) is 105 cm³/mol. The summed E-state index contributed by atoms with van der Waals surface area (Å²) in [5.41, 5.74) is 5.23. The molecule has 0 aliphatic carbocycles. The summed E-state index contributed by atoms with van der Waals surface area (Å²) in [6.07, 6.45) is 0. The van der Waals surface area contributed by atoms with E-state index in [1.165, 1.54) is 22.3 Å². The molecule has 1 nitrogen and oxygen atoms in total. The average Bonchev–Trinajstić information content (AvgIpc) is 2.87. The summed E-state index contributed by atoms with van der Waals surface area (Å²) in [6, 6.07) is 17.0. The van der Waals surface area contributed by atoms with E-state index >= 15 is 0 Å². The highest BCUT2D eigenvalue weighted by molar-refractivity contribution is 6.42. The maximum Gasteiger partial charge on any atom is 0.0595 e. The van der Waals surface area contributed by atoms with Gasteiger partial charge >= 0.3 is 0 Å². The quantitative estimate of drug-likeness (QED) is 0.612. The first-order valence-electron chi connectivity index (χ1n) is 8.29. The Balaban J connectivity index is 1.94. The van der Waals surface area contributed by atoms with Gasteiger partial charge in [0.1, 0.15) is 0 Å². The fourth-order valence-corrected chi connectivity index (χ4v) is 3.90. The molecule has 3 heteroatoms. The van der Waals surface area contributed by atoms with Crippen molar-refractivity contribution in [2.24, 2.45) is 0 Å². The summed E-state index contributed by atoms with van der Waals surface area (Å²) >= 11 is 12.3. The lowest BCUT2D eigenvalue weighted by atomic mass is 9.91. The van der Waals surface area contributed by atoms with E-state index in [0.29, 0.717) is 16.1 Å². The molecule has 0 saturated carbocycles. The van der Waals surface area contributed by atoms with E-state index in [1.54, 1.807) is 0 Å². The van der Waals surface area contributed by atoms with Crippen molar-refractivity contribution in [3.8, 4) is 0 Å². The van der Waals surface area contributed by atoms with Gasteiger partial charge in [-0.3, -0.25) is 4.90 Å². The Bertz CT molecular complexity index is 778. The molecule has 0 saturated heterocycles. The van der Waals surface area contributed by atoms with Crippen molar-refractivity contribution in [1.82, 2.24) is 4.90 Å². The third kappa shape index (κ3) is 3.01. The monoisotopic (exact) mass is 359 g/mol. The molecule has 0 spiro atoms. The second-order valence-electron chi connectivity index (χ2n) is 7.02. The van der Waals surface area contributed by atoms with E-state index in [9.17, 15) is 0 Å². The lowest BCUT2D eigenvalue weighted by Gasteiger charge is -2.40. The summed E-state index contributed by atoms with van der Waals surface area (Å²) in [7, 11) is 0. The summed E-state index contributed by atoms with van der Waals surface area (Å²) in [5.74, 6) is 0. The van der Waals surface area contributed by atoms with Gasteiger partial charge in [-0.25, -0.2) is 0 Å². The van der Waals surface area contributed by atoms with Crippen LogP contribution in [0.3, 0.4) is 0 Å². The summed E-state index contributed by atoms with van der Waals surface area (Å²) < 4.78 is 0. The van der Waals surface area contributed by atoms with Crippen LogP contribution in [-0.2, 0) is 5.54 Å². The minimum absolute atomic E-state index is 0.133. The van der Waals surface area contributed by atoms with Crippen LogP contribution in [0.15, 0.2) is 54.1 Å². The van der Waals surface area contributed by atoms with Crippen LogP contribution in [0.5, 0.6) is 0 Å². The number of rotatable bonds is 3. The number of hydrogen-bond donors (Lipinski definition) is 0. The van der Waals surface area contributed by atoms with E-state index in [-0.39, 0.29) is 5.54 Å². The number of nitrogens with zero attached hydrogens (tertiary/aromatic N) is 1. The van der Waals surface area contributed by atoms with E-state index in [0.717, 1.165) is 6.54 Å². The van der Waals surface area contributed by atoms with Crippen LogP contribution in [0.4, 0.5) is 0 Å². The molecule has 0 bridgehead atoms. The highest BCUT2D eigenvalue weighted by Gasteiger charge is 2.38. The first-order chi connectivity index (χ1) is 11.3. The Morgan fingerprint density at radius 2 is 1.67 bits per heavy atom. The van der Waals surface area contributed by atoms with Crippen LogP contribution in [-0.4, -0.2) is 17.5 Å². The topological polar surface area (TPSA) is 3.24 Å². The third-order valence-corrected chi connectivity index (χ3v) is 6.10. The molecule has 1 atom stereocenters. The zero-order valence-corrected chi connectivity index (χ0v) is 16.1. The maximum absolute atomic E-state index is 6.26. The fourth-order valence-electron chi connectivity index (χ4n) is 3.60. The Morgan fingerprint density at radius 1 is 1.00 bits per heavy atom. The maximum atomic E-state index is 6.26. The summed E-state index contributed by atoms with van der Waals surface area (Å²) in [5, 5.41) is 1.21. The second kappa shape index (κ2) is 6.55. The van der Waals surface area contributed by atoms with E-state index in [2.05, 4.69) is 69.0 Å². The van der Waals surface area contributed by atoms with Crippen LogP contribution in [0.1, 0.15) is 38.8 Å². The minimum atomic E-state index is -0.133.